The van der Waals surface area contributed by atoms with Crippen LogP contribution in [0.15, 0.2) is 54.9 Å². The molecule has 2 aromatic heterocycles. The van der Waals surface area contributed by atoms with Gasteiger partial charge in [-0.15, -0.1) is 0 Å². The number of carbonyl (C=O) groups excluding carboxylic acids is 1. The zero-order valence-electron chi connectivity index (χ0n) is 19.0. The summed E-state index contributed by atoms with van der Waals surface area (Å²) >= 11 is 0. The van der Waals surface area contributed by atoms with Crippen LogP contribution in [0.2, 0.25) is 0 Å². The number of para-hydroxylation sites is 1. The molecule has 33 heavy (non-hydrogen) atoms. The van der Waals surface area contributed by atoms with Crippen molar-refractivity contribution < 1.29 is 4.79 Å². The molecule has 0 N–H and O–H groups in total. The lowest BCUT2D eigenvalue weighted by Crippen LogP contribution is -2.54. The van der Waals surface area contributed by atoms with Gasteiger partial charge in [-0.1, -0.05) is 18.2 Å². The van der Waals surface area contributed by atoms with Crippen LogP contribution in [0.25, 0.3) is 5.82 Å². The van der Waals surface area contributed by atoms with E-state index in [-0.39, 0.29) is 5.91 Å². The van der Waals surface area contributed by atoms with E-state index < -0.39 is 0 Å². The molecule has 2 aliphatic rings. The van der Waals surface area contributed by atoms with Crippen LogP contribution in [0.3, 0.4) is 0 Å². The van der Waals surface area contributed by atoms with E-state index in [2.05, 4.69) is 54.0 Å². The van der Waals surface area contributed by atoms with Gasteiger partial charge in [0.05, 0.1) is 6.54 Å². The maximum atomic E-state index is 12.9. The normalized spacial score (nSPS) is 17.4. The fraction of sp³-hybridized carbons (Fsp3) is 0.417. The summed E-state index contributed by atoms with van der Waals surface area (Å²) in [7, 11) is 0. The average molecular weight is 447 g/mol. The molecule has 2 aliphatic heterocycles. The minimum Gasteiger partial charge on any atom is -0.368 e. The highest BCUT2D eigenvalue weighted by molar-refractivity contribution is 5.78. The number of rotatable bonds is 5. The van der Waals surface area contributed by atoms with Crippen molar-refractivity contribution in [2.75, 3.05) is 68.7 Å². The summed E-state index contributed by atoms with van der Waals surface area (Å²) in [5, 5.41) is 4.28. The van der Waals surface area contributed by atoms with Crippen LogP contribution >= 0.6 is 0 Å². The summed E-state index contributed by atoms with van der Waals surface area (Å²) in [5.74, 6) is 2.64. The third-order valence-electron chi connectivity index (χ3n) is 6.36. The van der Waals surface area contributed by atoms with E-state index in [9.17, 15) is 4.79 Å². The Hall–Kier alpha value is -3.46. The number of amides is 1. The molecule has 172 valence electrons. The fourth-order valence-electron chi connectivity index (χ4n) is 4.50. The van der Waals surface area contributed by atoms with Crippen LogP contribution < -0.4 is 9.80 Å². The molecule has 0 aliphatic carbocycles. The van der Waals surface area contributed by atoms with Crippen LogP contribution in [0.4, 0.5) is 11.5 Å². The molecule has 1 amide bonds. The van der Waals surface area contributed by atoms with Gasteiger partial charge in [0.15, 0.2) is 5.82 Å². The number of hydrogen-bond acceptors (Lipinski definition) is 7. The second-order valence-electron chi connectivity index (χ2n) is 8.55. The average Bonchev–Trinajstić information content (AvgIpc) is 3.40. The molecule has 0 radical (unpaired) electrons. The summed E-state index contributed by atoms with van der Waals surface area (Å²) in [5.41, 5.74) is 1.23. The summed E-state index contributed by atoms with van der Waals surface area (Å²) in [6.45, 7) is 9.09. The van der Waals surface area contributed by atoms with Crippen molar-refractivity contribution >= 4 is 17.4 Å². The van der Waals surface area contributed by atoms with E-state index in [0.717, 1.165) is 69.8 Å². The molecular formula is C24H30N8O. The van der Waals surface area contributed by atoms with E-state index >= 15 is 0 Å². The van der Waals surface area contributed by atoms with Crippen molar-refractivity contribution in [3.05, 3.63) is 60.7 Å². The summed E-state index contributed by atoms with van der Waals surface area (Å²) in [4.78, 5) is 30.9. The predicted molar refractivity (Wildman–Crippen MR) is 128 cm³/mol. The van der Waals surface area contributed by atoms with Gasteiger partial charge in [-0.05, 0) is 25.1 Å². The van der Waals surface area contributed by atoms with Crippen molar-refractivity contribution in [1.82, 2.24) is 29.5 Å². The van der Waals surface area contributed by atoms with Gasteiger partial charge in [0.25, 0.3) is 0 Å². The Morgan fingerprint density at radius 1 is 0.848 bits per heavy atom. The zero-order valence-corrected chi connectivity index (χ0v) is 19.0. The Labute approximate surface area is 194 Å². The molecule has 1 aromatic carbocycles. The van der Waals surface area contributed by atoms with Crippen molar-refractivity contribution in [2.45, 2.75) is 6.92 Å². The van der Waals surface area contributed by atoms with Gasteiger partial charge >= 0.3 is 0 Å². The molecule has 3 aromatic rings. The fourth-order valence-corrected chi connectivity index (χ4v) is 4.50. The first-order chi connectivity index (χ1) is 16.2. The van der Waals surface area contributed by atoms with Crippen LogP contribution in [-0.4, -0.2) is 94.4 Å². The quantitative estimate of drug-likeness (QED) is 0.587. The maximum Gasteiger partial charge on any atom is 0.236 e. The number of piperazine rings is 2. The molecule has 0 saturated carbocycles. The van der Waals surface area contributed by atoms with Crippen molar-refractivity contribution in [1.29, 1.82) is 0 Å². The molecule has 0 unspecified atom stereocenters. The lowest BCUT2D eigenvalue weighted by molar-refractivity contribution is -0.132. The third-order valence-corrected chi connectivity index (χ3v) is 6.36. The molecule has 2 fully saturated rings. The highest BCUT2D eigenvalue weighted by atomic mass is 16.2. The van der Waals surface area contributed by atoms with Crippen LogP contribution in [-0.2, 0) is 4.79 Å². The van der Waals surface area contributed by atoms with Gasteiger partial charge in [0.2, 0.25) is 5.91 Å². The number of nitrogens with zero attached hydrogens (tertiary/aromatic N) is 8. The van der Waals surface area contributed by atoms with Gasteiger partial charge in [-0.2, -0.15) is 5.10 Å². The molecular weight excluding hydrogens is 416 g/mol. The Balaban J connectivity index is 1.12. The third kappa shape index (κ3) is 4.98. The molecule has 0 atom stereocenters. The number of aryl methyl sites for hydroxylation is 1. The molecule has 2 saturated heterocycles. The second-order valence-corrected chi connectivity index (χ2v) is 8.55. The minimum atomic E-state index is 0.231. The smallest absolute Gasteiger partial charge is 0.236 e. The summed E-state index contributed by atoms with van der Waals surface area (Å²) in [6.07, 6.45) is 3.63. The van der Waals surface area contributed by atoms with Gasteiger partial charge in [-0.25, -0.2) is 14.6 Å². The van der Waals surface area contributed by atoms with Crippen molar-refractivity contribution in [3.63, 3.8) is 0 Å². The Bertz CT molecular complexity index is 1060. The van der Waals surface area contributed by atoms with E-state index in [4.69, 9.17) is 0 Å². The van der Waals surface area contributed by atoms with E-state index in [1.807, 2.05) is 36.2 Å². The summed E-state index contributed by atoms with van der Waals surface area (Å²) < 4.78 is 1.75. The maximum absolute atomic E-state index is 12.9. The molecule has 0 spiro atoms. The zero-order chi connectivity index (χ0) is 22.6. The van der Waals surface area contributed by atoms with E-state index in [0.29, 0.717) is 6.54 Å². The second kappa shape index (κ2) is 9.58. The van der Waals surface area contributed by atoms with E-state index in [1.165, 1.54) is 5.69 Å². The monoisotopic (exact) mass is 446 g/mol. The van der Waals surface area contributed by atoms with Gasteiger partial charge in [-0.3, -0.25) is 9.69 Å². The standard InChI is InChI=1S/C24H30N8O/c1-20-26-22(18-23(27-20)32-9-5-8-25-32)30-12-10-28(11-13-30)19-24(33)31-16-14-29(15-17-31)21-6-3-2-4-7-21/h2-9,18H,10-17,19H2,1H3. The highest BCUT2D eigenvalue weighted by Gasteiger charge is 2.25. The Morgan fingerprint density at radius 2 is 1.55 bits per heavy atom. The Kier molecular flexibility index (Phi) is 6.21. The molecule has 9 heteroatoms. The topological polar surface area (TPSA) is 73.6 Å². The van der Waals surface area contributed by atoms with Crippen molar-refractivity contribution in [3.8, 4) is 5.82 Å². The van der Waals surface area contributed by atoms with E-state index in [1.54, 1.807) is 10.9 Å². The SMILES string of the molecule is Cc1nc(N2CCN(CC(=O)N3CCN(c4ccccc4)CC3)CC2)cc(-n2cccn2)n1. The first-order valence-corrected chi connectivity index (χ1v) is 11.6. The molecule has 4 heterocycles. The summed E-state index contributed by atoms with van der Waals surface area (Å²) in [6, 6.07) is 14.3. The Morgan fingerprint density at radius 3 is 2.24 bits per heavy atom. The van der Waals surface area contributed by atoms with Crippen LogP contribution in [0, 0.1) is 6.92 Å². The van der Waals surface area contributed by atoms with Crippen LogP contribution in [0.1, 0.15) is 5.82 Å². The first kappa shape index (κ1) is 21.4. The van der Waals surface area contributed by atoms with Gasteiger partial charge < -0.3 is 14.7 Å². The number of carbonyl (C=O) groups is 1. The van der Waals surface area contributed by atoms with Gasteiger partial charge in [0.1, 0.15) is 11.6 Å². The number of anilines is 2. The lowest BCUT2D eigenvalue weighted by Gasteiger charge is -2.39. The van der Waals surface area contributed by atoms with Crippen LogP contribution in [0.5, 0.6) is 0 Å². The largest absolute Gasteiger partial charge is 0.368 e. The molecule has 9 nitrogen and oxygen atoms in total. The number of aromatic nitrogens is 4. The van der Waals surface area contributed by atoms with Crippen molar-refractivity contribution in [2.24, 2.45) is 0 Å². The minimum absolute atomic E-state index is 0.231. The number of benzene rings is 1. The molecule has 0 bridgehead atoms. The lowest BCUT2D eigenvalue weighted by atomic mass is 10.2. The van der Waals surface area contributed by atoms with Gasteiger partial charge in [0, 0.05) is 76.5 Å². The highest BCUT2D eigenvalue weighted by Crippen LogP contribution is 2.18. The first-order valence-electron chi connectivity index (χ1n) is 11.6. The predicted octanol–water partition coefficient (Wildman–Crippen LogP) is 1.44. The number of hydrogen-bond donors (Lipinski definition) is 0. The molecule has 5 rings (SSSR count).